The fourth-order valence-corrected chi connectivity index (χ4v) is 2.95. The molecular formula is C13H24N2O3. The molecule has 0 aromatic heterocycles. The summed E-state index contributed by atoms with van der Waals surface area (Å²) in [6.07, 6.45) is 3.17. The van der Waals surface area contributed by atoms with Crippen molar-refractivity contribution in [3.05, 3.63) is 0 Å². The van der Waals surface area contributed by atoms with Gasteiger partial charge >= 0.3 is 0 Å². The van der Waals surface area contributed by atoms with Crippen LogP contribution in [0.5, 0.6) is 0 Å². The topological polar surface area (TPSA) is 50.8 Å². The van der Waals surface area contributed by atoms with Gasteiger partial charge in [0, 0.05) is 27.3 Å². The zero-order chi connectivity index (χ0) is 13.2. The Morgan fingerprint density at radius 3 is 2.28 bits per heavy atom. The number of nitrogens with zero attached hydrogens (tertiary/aromatic N) is 1. The van der Waals surface area contributed by atoms with Crippen LogP contribution in [0.2, 0.25) is 0 Å². The molecule has 104 valence electrons. The number of carbonyl (C=O) groups is 1. The van der Waals surface area contributed by atoms with E-state index in [9.17, 15) is 4.79 Å². The van der Waals surface area contributed by atoms with Crippen molar-refractivity contribution >= 4 is 5.91 Å². The first-order valence-corrected chi connectivity index (χ1v) is 6.71. The summed E-state index contributed by atoms with van der Waals surface area (Å²) in [5.74, 6) is 0.184. The maximum atomic E-state index is 12.6. The van der Waals surface area contributed by atoms with Crippen molar-refractivity contribution in [3.63, 3.8) is 0 Å². The molecular weight excluding hydrogens is 232 g/mol. The summed E-state index contributed by atoms with van der Waals surface area (Å²) in [6.45, 7) is 4.20. The van der Waals surface area contributed by atoms with Crippen LogP contribution >= 0.6 is 0 Å². The number of amides is 1. The number of likely N-dealkylation sites (tertiary alicyclic amines) is 1. The van der Waals surface area contributed by atoms with Crippen molar-refractivity contribution in [2.24, 2.45) is 0 Å². The SMILES string of the molecule is COC1CN(C(=O)C2(C)CCCCN2)CC1OC. The summed E-state index contributed by atoms with van der Waals surface area (Å²) in [5, 5.41) is 3.36. The van der Waals surface area contributed by atoms with Gasteiger partial charge in [-0.3, -0.25) is 4.79 Å². The highest BCUT2D eigenvalue weighted by molar-refractivity contribution is 5.86. The summed E-state index contributed by atoms with van der Waals surface area (Å²) < 4.78 is 10.8. The third kappa shape index (κ3) is 2.53. The van der Waals surface area contributed by atoms with Crippen LogP contribution in [0.1, 0.15) is 26.2 Å². The van der Waals surface area contributed by atoms with Crippen LogP contribution in [0.4, 0.5) is 0 Å². The minimum atomic E-state index is -0.404. The molecule has 0 spiro atoms. The number of piperidine rings is 1. The van der Waals surface area contributed by atoms with Crippen LogP contribution in [-0.2, 0) is 14.3 Å². The van der Waals surface area contributed by atoms with Gasteiger partial charge in [0.25, 0.3) is 0 Å². The van der Waals surface area contributed by atoms with E-state index in [1.165, 1.54) is 0 Å². The van der Waals surface area contributed by atoms with Crippen molar-refractivity contribution in [2.45, 2.75) is 43.9 Å². The van der Waals surface area contributed by atoms with Crippen LogP contribution in [0.15, 0.2) is 0 Å². The number of rotatable bonds is 3. The molecule has 0 saturated carbocycles. The highest BCUT2D eigenvalue weighted by atomic mass is 16.5. The second-order valence-corrected chi connectivity index (χ2v) is 5.47. The van der Waals surface area contributed by atoms with Gasteiger partial charge in [-0.2, -0.15) is 0 Å². The maximum Gasteiger partial charge on any atom is 0.242 e. The maximum absolute atomic E-state index is 12.6. The predicted molar refractivity (Wildman–Crippen MR) is 68.4 cm³/mol. The molecule has 1 N–H and O–H groups in total. The van der Waals surface area contributed by atoms with Crippen molar-refractivity contribution in [2.75, 3.05) is 33.9 Å². The molecule has 0 aromatic carbocycles. The van der Waals surface area contributed by atoms with Crippen molar-refractivity contribution < 1.29 is 14.3 Å². The van der Waals surface area contributed by atoms with E-state index < -0.39 is 5.54 Å². The quantitative estimate of drug-likeness (QED) is 0.793. The molecule has 5 heteroatoms. The molecule has 2 heterocycles. The predicted octanol–water partition coefficient (Wildman–Crippen LogP) is 0.391. The van der Waals surface area contributed by atoms with Crippen molar-refractivity contribution in [3.8, 4) is 0 Å². The summed E-state index contributed by atoms with van der Waals surface area (Å²) in [6, 6.07) is 0. The standard InChI is InChI=1S/C13H24N2O3/c1-13(6-4-5-7-14-13)12(16)15-8-10(17-2)11(9-15)18-3/h10-11,14H,4-9H2,1-3H3. The minimum Gasteiger partial charge on any atom is -0.377 e. The van der Waals surface area contributed by atoms with Crippen LogP contribution < -0.4 is 5.32 Å². The number of methoxy groups -OCH3 is 2. The Labute approximate surface area is 109 Å². The Morgan fingerprint density at radius 1 is 1.22 bits per heavy atom. The van der Waals surface area contributed by atoms with Crippen molar-refractivity contribution in [1.29, 1.82) is 0 Å². The summed E-state index contributed by atoms with van der Waals surface area (Å²) in [4.78, 5) is 14.5. The lowest BCUT2D eigenvalue weighted by molar-refractivity contribution is -0.138. The highest BCUT2D eigenvalue weighted by Crippen LogP contribution is 2.25. The number of ether oxygens (including phenoxy) is 2. The Kier molecular flexibility index (Phi) is 4.25. The third-order valence-corrected chi connectivity index (χ3v) is 4.20. The molecule has 5 nitrogen and oxygen atoms in total. The Bertz CT molecular complexity index is 291. The van der Waals surface area contributed by atoms with Gasteiger partial charge in [-0.05, 0) is 32.7 Å². The molecule has 3 unspecified atom stereocenters. The molecule has 0 radical (unpaired) electrons. The van der Waals surface area contributed by atoms with Gasteiger partial charge in [-0.15, -0.1) is 0 Å². The van der Waals surface area contributed by atoms with Gasteiger partial charge in [0.15, 0.2) is 0 Å². The van der Waals surface area contributed by atoms with E-state index in [0.29, 0.717) is 13.1 Å². The van der Waals surface area contributed by atoms with E-state index in [4.69, 9.17) is 9.47 Å². The van der Waals surface area contributed by atoms with E-state index in [0.717, 1.165) is 25.8 Å². The monoisotopic (exact) mass is 256 g/mol. The fraction of sp³-hybridized carbons (Fsp3) is 0.923. The van der Waals surface area contributed by atoms with Crippen LogP contribution in [0, 0.1) is 0 Å². The van der Waals surface area contributed by atoms with Gasteiger partial charge in [-0.25, -0.2) is 0 Å². The van der Waals surface area contributed by atoms with E-state index >= 15 is 0 Å². The van der Waals surface area contributed by atoms with E-state index in [2.05, 4.69) is 5.32 Å². The van der Waals surface area contributed by atoms with E-state index in [-0.39, 0.29) is 18.1 Å². The average molecular weight is 256 g/mol. The number of hydrogen-bond donors (Lipinski definition) is 1. The van der Waals surface area contributed by atoms with Gasteiger partial charge in [0.1, 0.15) is 12.2 Å². The molecule has 18 heavy (non-hydrogen) atoms. The summed E-state index contributed by atoms with van der Waals surface area (Å²) in [5.41, 5.74) is -0.404. The molecule has 2 rings (SSSR count). The lowest BCUT2D eigenvalue weighted by Gasteiger charge is -2.36. The van der Waals surface area contributed by atoms with Crippen LogP contribution in [-0.4, -0.2) is 62.4 Å². The Hall–Kier alpha value is -0.650. The molecule has 3 atom stereocenters. The van der Waals surface area contributed by atoms with Gasteiger partial charge in [-0.1, -0.05) is 0 Å². The number of carbonyl (C=O) groups excluding carboxylic acids is 1. The molecule has 0 aliphatic carbocycles. The van der Waals surface area contributed by atoms with Crippen LogP contribution in [0.3, 0.4) is 0 Å². The normalized spacial score (nSPS) is 36.9. The Balaban J connectivity index is 2.01. The van der Waals surface area contributed by atoms with Crippen molar-refractivity contribution in [1.82, 2.24) is 10.2 Å². The lowest BCUT2D eigenvalue weighted by Crippen LogP contribution is -2.57. The Morgan fingerprint density at radius 2 is 1.83 bits per heavy atom. The average Bonchev–Trinajstić information content (AvgIpc) is 2.81. The molecule has 1 amide bonds. The second-order valence-electron chi connectivity index (χ2n) is 5.47. The minimum absolute atomic E-state index is 0.00820. The molecule has 2 saturated heterocycles. The molecule has 0 aromatic rings. The summed E-state index contributed by atoms with van der Waals surface area (Å²) in [7, 11) is 3.34. The van der Waals surface area contributed by atoms with Gasteiger partial charge in [0.05, 0.1) is 5.54 Å². The molecule has 2 aliphatic heterocycles. The first-order valence-electron chi connectivity index (χ1n) is 6.71. The van der Waals surface area contributed by atoms with Gasteiger partial charge in [0.2, 0.25) is 5.91 Å². The molecule has 2 fully saturated rings. The second kappa shape index (κ2) is 5.55. The fourth-order valence-electron chi connectivity index (χ4n) is 2.95. The van der Waals surface area contributed by atoms with Crippen LogP contribution in [0.25, 0.3) is 0 Å². The first kappa shape index (κ1) is 13.8. The largest absolute Gasteiger partial charge is 0.377 e. The van der Waals surface area contributed by atoms with Gasteiger partial charge < -0.3 is 19.7 Å². The lowest BCUT2D eigenvalue weighted by atomic mass is 9.89. The first-order chi connectivity index (χ1) is 8.60. The molecule has 0 bridgehead atoms. The van der Waals surface area contributed by atoms with E-state index in [1.54, 1.807) is 14.2 Å². The summed E-state index contributed by atoms with van der Waals surface area (Å²) >= 11 is 0. The molecule has 2 aliphatic rings. The van der Waals surface area contributed by atoms with E-state index in [1.807, 2.05) is 11.8 Å². The number of hydrogen-bond acceptors (Lipinski definition) is 4. The zero-order valence-electron chi connectivity index (χ0n) is 11.6. The number of nitrogens with one attached hydrogen (secondary N) is 1. The zero-order valence-corrected chi connectivity index (χ0v) is 11.6. The highest BCUT2D eigenvalue weighted by Gasteiger charge is 2.43. The third-order valence-electron chi connectivity index (χ3n) is 4.20. The smallest absolute Gasteiger partial charge is 0.242 e.